The van der Waals surface area contributed by atoms with Crippen LogP contribution in [-0.4, -0.2) is 12.2 Å². The normalized spacial score (nSPS) is 27.4. The summed E-state index contributed by atoms with van der Waals surface area (Å²) in [5, 5.41) is 0. The minimum atomic E-state index is -0.267. The molecule has 1 rings (SSSR count). The van der Waals surface area contributed by atoms with Gasteiger partial charge in [0.25, 0.3) is 0 Å². The molecule has 0 amide bonds. The lowest BCUT2D eigenvalue weighted by Crippen LogP contribution is -2.31. The molecule has 1 nitrogen and oxygen atoms in total. The van der Waals surface area contributed by atoms with Gasteiger partial charge in [0.1, 0.15) is 0 Å². The van der Waals surface area contributed by atoms with E-state index in [-0.39, 0.29) is 18.1 Å². The Hall–Kier alpha value is -0.110. The Morgan fingerprint density at radius 3 is 2.38 bits per heavy atom. The summed E-state index contributed by atoms with van der Waals surface area (Å²) >= 11 is 0. The fourth-order valence-electron chi connectivity index (χ4n) is 0.791. The summed E-state index contributed by atoms with van der Waals surface area (Å²) in [6.07, 6.45) is 2.02. The zero-order valence-corrected chi connectivity index (χ0v) is 5.15. The standard InChI is InChI=1S/C6H12FN/c1-5(4-7)6(8)2-3-6/h5H,2-4,8H2,1H3. The molecule has 0 aromatic rings. The number of hydrogen-bond acceptors (Lipinski definition) is 1. The fourth-order valence-corrected chi connectivity index (χ4v) is 0.791. The van der Waals surface area contributed by atoms with Crippen molar-refractivity contribution in [3.63, 3.8) is 0 Å². The molecular weight excluding hydrogens is 105 g/mol. The highest BCUT2D eigenvalue weighted by Crippen LogP contribution is 2.39. The van der Waals surface area contributed by atoms with Gasteiger partial charge < -0.3 is 5.73 Å². The third-order valence-electron chi connectivity index (χ3n) is 2.04. The number of hydrogen-bond donors (Lipinski definition) is 1. The van der Waals surface area contributed by atoms with Crippen LogP contribution in [-0.2, 0) is 0 Å². The van der Waals surface area contributed by atoms with E-state index in [9.17, 15) is 4.39 Å². The number of alkyl halides is 1. The number of rotatable bonds is 2. The van der Waals surface area contributed by atoms with Crippen LogP contribution in [0, 0.1) is 5.92 Å². The SMILES string of the molecule is CC(CF)C1(N)CC1. The minimum absolute atomic E-state index is 0.0718. The molecule has 1 aliphatic rings. The first kappa shape index (κ1) is 6.02. The Kier molecular flexibility index (Phi) is 1.27. The molecular formula is C6H12FN. The molecule has 2 heteroatoms. The van der Waals surface area contributed by atoms with Crippen molar-refractivity contribution in [2.75, 3.05) is 6.67 Å². The number of nitrogens with two attached hydrogens (primary N) is 1. The smallest absolute Gasteiger partial charge is 0.0937 e. The van der Waals surface area contributed by atoms with Gasteiger partial charge in [0.15, 0.2) is 0 Å². The maximum absolute atomic E-state index is 11.8. The van der Waals surface area contributed by atoms with E-state index in [1.54, 1.807) is 0 Å². The Labute approximate surface area is 49.1 Å². The fraction of sp³-hybridized carbons (Fsp3) is 1.00. The Bertz CT molecular complexity index is 88.5. The first-order valence-corrected chi connectivity index (χ1v) is 3.04. The first-order chi connectivity index (χ1) is 3.69. The van der Waals surface area contributed by atoms with E-state index in [1.807, 2.05) is 6.92 Å². The van der Waals surface area contributed by atoms with Gasteiger partial charge in [-0.15, -0.1) is 0 Å². The van der Waals surface area contributed by atoms with E-state index in [2.05, 4.69) is 0 Å². The average Bonchev–Trinajstić information content (AvgIpc) is 2.47. The quantitative estimate of drug-likeness (QED) is 0.575. The van der Waals surface area contributed by atoms with Gasteiger partial charge in [0.2, 0.25) is 0 Å². The largest absolute Gasteiger partial charge is 0.325 e. The molecule has 1 atom stereocenters. The van der Waals surface area contributed by atoms with Crippen molar-refractivity contribution < 1.29 is 4.39 Å². The van der Waals surface area contributed by atoms with Gasteiger partial charge in [-0.25, -0.2) is 0 Å². The van der Waals surface area contributed by atoms with Crippen LogP contribution < -0.4 is 5.73 Å². The lowest BCUT2D eigenvalue weighted by Gasteiger charge is -2.13. The Morgan fingerprint density at radius 1 is 1.75 bits per heavy atom. The molecule has 48 valence electrons. The minimum Gasteiger partial charge on any atom is -0.325 e. The van der Waals surface area contributed by atoms with Crippen molar-refractivity contribution >= 4 is 0 Å². The van der Waals surface area contributed by atoms with Crippen molar-refractivity contribution in [1.82, 2.24) is 0 Å². The van der Waals surface area contributed by atoms with Gasteiger partial charge in [0, 0.05) is 11.5 Å². The molecule has 0 aromatic heterocycles. The van der Waals surface area contributed by atoms with E-state index in [0.29, 0.717) is 0 Å². The Morgan fingerprint density at radius 2 is 2.25 bits per heavy atom. The van der Waals surface area contributed by atoms with Gasteiger partial charge >= 0.3 is 0 Å². The van der Waals surface area contributed by atoms with Crippen LogP contribution in [0.5, 0.6) is 0 Å². The number of halogens is 1. The second kappa shape index (κ2) is 1.69. The summed E-state index contributed by atoms with van der Waals surface area (Å²) < 4.78 is 11.8. The molecule has 1 unspecified atom stereocenters. The van der Waals surface area contributed by atoms with Crippen molar-refractivity contribution in [2.24, 2.45) is 11.7 Å². The highest BCUT2D eigenvalue weighted by molar-refractivity contribution is 5.02. The molecule has 1 fully saturated rings. The molecule has 0 spiro atoms. The van der Waals surface area contributed by atoms with E-state index in [1.165, 1.54) is 0 Å². The molecule has 0 saturated heterocycles. The van der Waals surface area contributed by atoms with E-state index in [0.717, 1.165) is 12.8 Å². The predicted molar refractivity (Wildman–Crippen MR) is 31.3 cm³/mol. The molecule has 0 aliphatic heterocycles. The average molecular weight is 117 g/mol. The molecule has 2 N–H and O–H groups in total. The Balaban J connectivity index is 2.34. The zero-order chi connectivity index (χ0) is 6.20. The predicted octanol–water partition coefficient (Wildman–Crippen LogP) is 1.08. The zero-order valence-electron chi connectivity index (χ0n) is 5.15. The van der Waals surface area contributed by atoms with E-state index >= 15 is 0 Å². The maximum Gasteiger partial charge on any atom is 0.0937 e. The molecule has 0 bridgehead atoms. The summed E-state index contributed by atoms with van der Waals surface area (Å²) in [4.78, 5) is 0. The highest BCUT2D eigenvalue weighted by atomic mass is 19.1. The van der Waals surface area contributed by atoms with Gasteiger partial charge in [-0.1, -0.05) is 6.92 Å². The maximum atomic E-state index is 11.8. The third kappa shape index (κ3) is 0.848. The van der Waals surface area contributed by atoms with Crippen molar-refractivity contribution in [3.8, 4) is 0 Å². The van der Waals surface area contributed by atoms with E-state index < -0.39 is 0 Å². The lowest BCUT2D eigenvalue weighted by molar-refractivity contribution is 0.323. The van der Waals surface area contributed by atoms with Crippen LogP contribution in [0.2, 0.25) is 0 Å². The van der Waals surface area contributed by atoms with Gasteiger partial charge in [-0.3, -0.25) is 4.39 Å². The molecule has 1 aliphatic carbocycles. The van der Waals surface area contributed by atoms with Gasteiger partial charge in [0.05, 0.1) is 6.67 Å². The first-order valence-electron chi connectivity index (χ1n) is 3.04. The summed E-state index contributed by atoms with van der Waals surface area (Å²) in [5.41, 5.74) is 5.54. The lowest BCUT2D eigenvalue weighted by atomic mass is 10.0. The molecule has 0 aromatic carbocycles. The van der Waals surface area contributed by atoms with Crippen LogP contribution in [0.3, 0.4) is 0 Å². The van der Waals surface area contributed by atoms with Crippen LogP contribution in [0.4, 0.5) is 4.39 Å². The second-order valence-electron chi connectivity index (χ2n) is 2.79. The van der Waals surface area contributed by atoms with Crippen LogP contribution in [0.1, 0.15) is 19.8 Å². The summed E-state index contributed by atoms with van der Waals surface area (Å²) in [6, 6.07) is 0. The molecule has 0 heterocycles. The topological polar surface area (TPSA) is 26.0 Å². The van der Waals surface area contributed by atoms with Crippen molar-refractivity contribution in [3.05, 3.63) is 0 Å². The van der Waals surface area contributed by atoms with Crippen LogP contribution >= 0.6 is 0 Å². The second-order valence-corrected chi connectivity index (χ2v) is 2.79. The summed E-state index contributed by atoms with van der Waals surface area (Å²) in [7, 11) is 0. The van der Waals surface area contributed by atoms with E-state index in [4.69, 9.17) is 5.73 Å². The highest BCUT2D eigenvalue weighted by Gasteiger charge is 2.43. The van der Waals surface area contributed by atoms with Gasteiger partial charge in [-0.05, 0) is 12.8 Å². The summed E-state index contributed by atoms with van der Waals surface area (Å²) in [5.74, 6) is 0.0718. The monoisotopic (exact) mass is 117 g/mol. The van der Waals surface area contributed by atoms with Crippen LogP contribution in [0.15, 0.2) is 0 Å². The third-order valence-corrected chi connectivity index (χ3v) is 2.04. The summed E-state index contributed by atoms with van der Waals surface area (Å²) in [6.45, 7) is 1.60. The molecule has 8 heavy (non-hydrogen) atoms. The molecule has 1 saturated carbocycles. The van der Waals surface area contributed by atoms with Crippen molar-refractivity contribution in [1.29, 1.82) is 0 Å². The molecule has 0 radical (unpaired) electrons. The van der Waals surface area contributed by atoms with Crippen LogP contribution in [0.25, 0.3) is 0 Å². The van der Waals surface area contributed by atoms with Crippen molar-refractivity contribution in [2.45, 2.75) is 25.3 Å². The van der Waals surface area contributed by atoms with Gasteiger partial charge in [-0.2, -0.15) is 0 Å².